The van der Waals surface area contributed by atoms with Crippen molar-refractivity contribution < 1.29 is 9.47 Å². The molecule has 2 aromatic rings. The number of hydrogen-bond acceptors (Lipinski definition) is 4. The van der Waals surface area contributed by atoms with Crippen LogP contribution in [0.1, 0.15) is 25.1 Å². The van der Waals surface area contributed by atoms with E-state index in [2.05, 4.69) is 15.5 Å². The molecule has 0 fully saturated rings. The fraction of sp³-hybridized carbons (Fsp3) is 0.400. The Labute approximate surface area is 119 Å². The van der Waals surface area contributed by atoms with E-state index in [1.807, 2.05) is 38.1 Å². The van der Waals surface area contributed by atoms with Crippen molar-refractivity contribution in [3.05, 3.63) is 41.7 Å². The average molecular weight is 275 g/mol. The monoisotopic (exact) mass is 275 g/mol. The second-order valence-electron chi connectivity index (χ2n) is 4.84. The van der Waals surface area contributed by atoms with Gasteiger partial charge in [-0.25, -0.2) is 0 Å². The Morgan fingerprint density at radius 3 is 2.70 bits per heavy atom. The Hall–Kier alpha value is -2.01. The maximum Gasteiger partial charge on any atom is 0.161 e. The largest absolute Gasteiger partial charge is 0.493 e. The summed E-state index contributed by atoms with van der Waals surface area (Å²) in [6.07, 6.45) is 1.88. The van der Waals surface area contributed by atoms with Gasteiger partial charge in [-0.15, -0.1) is 0 Å². The average Bonchev–Trinajstić information content (AvgIpc) is 2.93. The molecule has 0 amide bonds. The third-order valence-electron chi connectivity index (χ3n) is 2.79. The second kappa shape index (κ2) is 6.96. The van der Waals surface area contributed by atoms with E-state index < -0.39 is 0 Å². The van der Waals surface area contributed by atoms with Crippen LogP contribution in [0.25, 0.3) is 0 Å². The van der Waals surface area contributed by atoms with Gasteiger partial charge < -0.3 is 14.8 Å². The van der Waals surface area contributed by atoms with Crippen molar-refractivity contribution in [3.63, 3.8) is 0 Å². The fourth-order valence-electron chi connectivity index (χ4n) is 1.90. The van der Waals surface area contributed by atoms with Crippen LogP contribution in [0, 0.1) is 0 Å². The summed E-state index contributed by atoms with van der Waals surface area (Å²) in [5, 5.41) is 10.2. The molecule has 0 aliphatic rings. The molecule has 0 aliphatic heterocycles. The number of hydrogen-bond donors (Lipinski definition) is 2. The predicted octanol–water partition coefficient (Wildman–Crippen LogP) is 2.50. The zero-order valence-corrected chi connectivity index (χ0v) is 12.1. The van der Waals surface area contributed by atoms with Crippen molar-refractivity contribution >= 4 is 0 Å². The first-order valence-corrected chi connectivity index (χ1v) is 6.71. The molecule has 1 heterocycles. The summed E-state index contributed by atoms with van der Waals surface area (Å²) in [7, 11) is 1.66. The van der Waals surface area contributed by atoms with E-state index in [1.54, 1.807) is 13.3 Å². The predicted molar refractivity (Wildman–Crippen MR) is 77.9 cm³/mol. The van der Waals surface area contributed by atoms with E-state index in [4.69, 9.17) is 9.47 Å². The van der Waals surface area contributed by atoms with Gasteiger partial charge in [-0.05, 0) is 37.6 Å². The molecule has 108 valence electrons. The lowest BCUT2D eigenvalue weighted by Crippen LogP contribution is -2.13. The zero-order valence-electron chi connectivity index (χ0n) is 12.1. The summed E-state index contributed by atoms with van der Waals surface area (Å²) in [5.74, 6) is 1.54. The van der Waals surface area contributed by atoms with Crippen molar-refractivity contribution in [2.45, 2.75) is 33.0 Å². The molecule has 0 saturated carbocycles. The van der Waals surface area contributed by atoms with Crippen LogP contribution in [0.5, 0.6) is 11.5 Å². The van der Waals surface area contributed by atoms with Gasteiger partial charge in [0.05, 0.1) is 13.2 Å². The summed E-state index contributed by atoms with van der Waals surface area (Å²) in [4.78, 5) is 0. The van der Waals surface area contributed by atoms with Crippen LogP contribution >= 0.6 is 0 Å². The second-order valence-corrected chi connectivity index (χ2v) is 4.84. The summed E-state index contributed by atoms with van der Waals surface area (Å²) < 4.78 is 11.1. The summed E-state index contributed by atoms with van der Waals surface area (Å²) in [6.45, 7) is 5.52. The number of rotatable bonds is 7. The van der Waals surface area contributed by atoms with Crippen molar-refractivity contribution in [1.82, 2.24) is 15.5 Å². The molecule has 0 radical (unpaired) electrons. The highest BCUT2D eigenvalue weighted by Crippen LogP contribution is 2.28. The Morgan fingerprint density at radius 2 is 2.05 bits per heavy atom. The molecule has 0 aliphatic carbocycles. The van der Waals surface area contributed by atoms with Crippen molar-refractivity contribution in [2.24, 2.45) is 0 Å². The molecular formula is C15H21N3O2. The number of aromatic amines is 1. The molecule has 0 spiro atoms. The highest BCUT2D eigenvalue weighted by molar-refractivity contribution is 5.43. The van der Waals surface area contributed by atoms with E-state index in [0.717, 1.165) is 35.8 Å². The van der Waals surface area contributed by atoms with E-state index in [-0.39, 0.29) is 6.10 Å². The molecule has 0 bridgehead atoms. The molecule has 0 unspecified atom stereocenters. The number of aromatic nitrogens is 2. The minimum absolute atomic E-state index is 0.133. The van der Waals surface area contributed by atoms with Crippen molar-refractivity contribution in [1.29, 1.82) is 0 Å². The smallest absolute Gasteiger partial charge is 0.161 e. The van der Waals surface area contributed by atoms with Gasteiger partial charge in [0.1, 0.15) is 0 Å². The quantitative estimate of drug-likeness (QED) is 0.815. The normalized spacial score (nSPS) is 10.8. The van der Waals surface area contributed by atoms with Gasteiger partial charge in [0.2, 0.25) is 0 Å². The van der Waals surface area contributed by atoms with E-state index in [9.17, 15) is 0 Å². The van der Waals surface area contributed by atoms with E-state index in [1.165, 1.54) is 0 Å². The SMILES string of the molecule is COc1cc(CNCc2ccn[nH]2)ccc1OC(C)C. The summed E-state index contributed by atoms with van der Waals surface area (Å²) in [6, 6.07) is 7.94. The fourth-order valence-corrected chi connectivity index (χ4v) is 1.90. The van der Waals surface area contributed by atoms with E-state index in [0.29, 0.717) is 0 Å². The topological polar surface area (TPSA) is 59.2 Å². The molecule has 5 nitrogen and oxygen atoms in total. The van der Waals surface area contributed by atoms with Gasteiger partial charge in [0.15, 0.2) is 11.5 Å². The van der Waals surface area contributed by atoms with Gasteiger partial charge in [0.25, 0.3) is 0 Å². The third-order valence-corrected chi connectivity index (χ3v) is 2.79. The van der Waals surface area contributed by atoms with Gasteiger partial charge in [-0.3, -0.25) is 5.10 Å². The first kappa shape index (κ1) is 14.4. The maximum absolute atomic E-state index is 5.70. The minimum atomic E-state index is 0.133. The van der Waals surface area contributed by atoms with Gasteiger partial charge in [-0.2, -0.15) is 5.10 Å². The van der Waals surface area contributed by atoms with Gasteiger partial charge in [-0.1, -0.05) is 6.07 Å². The standard InChI is InChI=1S/C15H21N3O2/c1-11(2)20-14-5-4-12(8-15(14)19-3)9-16-10-13-6-7-17-18-13/h4-8,11,16H,9-10H2,1-3H3,(H,17,18). The lowest BCUT2D eigenvalue weighted by Gasteiger charge is -2.14. The lowest BCUT2D eigenvalue weighted by atomic mass is 10.2. The van der Waals surface area contributed by atoms with Gasteiger partial charge >= 0.3 is 0 Å². The number of ether oxygens (including phenoxy) is 2. The summed E-state index contributed by atoms with van der Waals surface area (Å²) in [5.41, 5.74) is 2.22. The Morgan fingerprint density at radius 1 is 1.20 bits per heavy atom. The van der Waals surface area contributed by atoms with Crippen molar-refractivity contribution in [3.8, 4) is 11.5 Å². The molecule has 0 saturated heterocycles. The Kier molecular flexibility index (Phi) is 5.01. The molecule has 1 aromatic carbocycles. The number of benzene rings is 1. The molecule has 2 N–H and O–H groups in total. The molecule has 5 heteroatoms. The molecule has 20 heavy (non-hydrogen) atoms. The van der Waals surface area contributed by atoms with Crippen LogP contribution in [0.2, 0.25) is 0 Å². The van der Waals surface area contributed by atoms with Gasteiger partial charge in [0, 0.05) is 25.0 Å². The maximum atomic E-state index is 5.70. The van der Waals surface area contributed by atoms with E-state index >= 15 is 0 Å². The Balaban J connectivity index is 1.94. The number of methoxy groups -OCH3 is 1. The third kappa shape index (κ3) is 3.99. The summed E-state index contributed by atoms with van der Waals surface area (Å²) >= 11 is 0. The minimum Gasteiger partial charge on any atom is -0.493 e. The lowest BCUT2D eigenvalue weighted by molar-refractivity contribution is 0.230. The number of nitrogens with zero attached hydrogens (tertiary/aromatic N) is 1. The van der Waals surface area contributed by atoms with Crippen LogP contribution in [-0.2, 0) is 13.1 Å². The highest BCUT2D eigenvalue weighted by atomic mass is 16.5. The van der Waals surface area contributed by atoms with Crippen molar-refractivity contribution in [2.75, 3.05) is 7.11 Å². The molecule has 0 atom stereocenters. The van der Waals surface area contributed by atoms with Crippen LogP contribution in [-0.4, -0.2) is 23.4 Å². The Bertz CT molecular complexity index is 524. The van der Waals surface area contributed by atoms with Crippen LogP contribution in [0.3, 0.4) is 0 Å². The molecule has 2 rings (SSSR count). The first-order valence-electron chi connectivity index (χ1n) is 6.71. The number of nitrogens with one attached hydrogen (secondary N) is 2. The zero-order chi connectivity index (χ0) is 14.4. The first-order chi connectivity index (χ1) is 9.69. The molecular weight excluding hydrogens is 254 g/mol. The van der Waals surface area contributed by atoms with Crippen LogP contribution in [0.4, 0.5) is 0 Å². The molecule has 1 aromatic heterocycles. The van der Waals surface area contributed by atoms with Crippen LogP contribution in [0.15, 0.2) is 30.5 Å². The number of H-pyrrole nitrogens is 1. The highest BCUT2D eigenvalue weighted by Gasteiger charge is 2.07. The van der Waals surface area contributed by atoms with Crippen LogP contribution < -0.4 is 14.8 Å².